The minimum Gasteiger partial charge on any atom is -0.493 e. The van der Waals surface area contributed by atoms with Crippen LogP contribution in [-0.4, -0.2) is 315 Å². The number of imide groups is 1. The molecule has 0 saturated carbocycles. The minimum absolute atomic E-state index is 0.00880. The third-order valence-electron chi connectivity index (χ3n) is 22.4. The van der Waals surface area contributed by atoms with E-state index in [0.717, 1.165) is 22.1 Å². The summed E-state index contributed by atoms with van der Waals surface area (Å²) in [7, 11) is 2.76. The Bertz CT molecular complexity index is 4580. The number of anilines is 2. The molecule has 8 amide bonds. The number of ketones is 1. The van der Waals surface area contributed by atoms with Crippen LogP contribution >= 0.6 is 0 Å². The summed E-state index contributed by atoms with van der Waals surface area (Å²) in [4.78, 5) is 156. The van der Waals surface area contributed by atoms with Crippen molar-refractivity contribution in [2.45, 2.75) is 142 Å². The van der Waals surface area contributed by atoms with Gasteiger partial charge in [-0.25, -0.2) is 14.5 Å². The maximum absolute atomic E-state index is 14.5. The number of nitro benzene ring substituents is 1. The van der Waals surface area contributed by atoms with Gasteiger partial charge < -0.3 is 117 Å². The predicted octanol–water partition coefficient (Wildman–Crippen LogP) is 5.34. The van der Waals surface area contributed by atoms with E-state index in [2.05, 4.69) is 23.8 Å². The molecule has 10 rings (SSSR count). The van der Waals surface area contributed by atoms with Gasteiger partial charge in [0, 0.05) is 88.3 Å². The molecule has 6 aliphatic rings. The van der Waals surface area contributed by atoms with E-state index in [4.69, 9.17) is 85.4 Å². The molecule has 4 saturated heterocycles. The lowest BCUT2D eigenvalue weighted by Gasteiger charge is -2.34. The first-order valence-corrected chi connectivity index (χ1v) is 43.4. The van der Waals surface area contributed by atoms with Gasteiger partial charge in [0.2, 0.25) is 29.9 Å². The van der Waals surface area contributed by atoms with E-state index < -0.39 is 103 Å². The van der Waals surface area contributed by atoms with Gasteiger partial charge in [-0.05, 0) is 66.5 Å². The summed E-state index contributed by atoms with van der Waals surface area (Å²) in [6.07, 6.45) is -8.49. The lowest BCUT2D eigenvalue weighted by molar-refractivity contribution is -0.386. The van der Waals surface area contributed by atoms with Crippen molar-refractivity contribution in [2.75, 3.05) is 182 Å². The number of amides is 8. The number of likely N-dealkylation sites (tertiary alicyclic amines) is 1. The van der Waals surface area contributed by atoms with Gasteiger partial charge in [0.25, 0.3) is 11.8 Å². The van der Waals surface area contributed by atoms with Crippen molar-refractivity contribution >= 4 is 76.6 Å². The number of methoxy groups -OCH3 is 2. The Hall–Kier alpha value is -11.2. The average molecular weight is 1840 g/mol. The second-order valence-electron chi connectivity index (χ2n) is 32.4. The highest BCUT2D eigenvalue weighted by atomic mass is 16.7. The van der Waals surface area contributed by atoms with Crippen LogP contribution in [0.15, 0.2) is 91.0 Å². The third kappa shape index (κ3) is 29.7. The molecule has 4 aromatic carbocycles. The zero-order chi connectivity index (χ0) is 94.8. The number of carbonyl (C=O) groups excluding carboxylic acids is 11. The summed E-state index contributed by atoms with van der Waals surface area (Å²) in [6, 6.07) is 14.6. The normalized spacial score (nSPS) is 19.8. The fraction of sp³-hybridized carbons (Fsp3) is 0.578. The van der Waals surface area contributed by atoms with Crippen LogP contribution in [0, 0.1) is 33.8 Å². The molecular weight excluding hydrogens is 1720 g/mol. The molecule has 131 heavy (non-hydrogen) atoms. The molecule has 10 atom stereocenters. The molecule has 4 aromatic rings. The smallest absolute Gasteiger partial charge is 0.416 e. The standard InChI is InChI=1S/C89H120N8O31.CO2/c1-54(2)64(42-63(98)18-23-115-25-27-117-29-31-119-33-35-121-37-38-122-36-34-120-32-30-118-28-26-116-24-19-90-78(100)17-20-92-79(101)45-65(55(3)4)83(92)105)82(104)91-58(7)61-14-11-59(12-15-61)51-127-89(110)96-69-47-77(75(114-9)44-67(69)85(107)94-49-57(6)40-71(94)86(96)108)124-22-10-21-123-76-46-68-66(43-74(76)113-8)84(106)93-48-56(5)39-62(93)50-95(68)88(109)126-52-60-13-16-73(70(41-60)97(111)112)128-87-81(103)80(102)72(99)53-125-87;2-1-3/h11-16,41,43-44,46-47,54-55,58,62,64-65,71-72,80-81,86-87,99,102-103,108H,5-6,10,17-40,42,45,48-53H2,1-4,7-9H3,(H,90,100)(H,91,104);/t58-,62-,64-,65?,71-,72+,80-,81+,86?,87-;/m0./s1. The third-order valence-corrected chi connectivity index (χ3v) is 22.4. The van der Waals surface area contributed by atoms with Gasteiger partial charge in [-0.15, -0.1) is 0 Å². The van der Waals surface area contributed by atoms with Gasteiger partial charge in [-0.1, -0.05) is 82.3 Å². The van der Waals surface area contributed by atoms with E-state index in [9.17, 15) is 73.7 Å². The number of aliphatic hydroxyl groups excluding tert-OH is 4. The van der Waals surface area contributed by atoms with Crippen LogP contribution < -0.4 is 44.1 Å². The first-order valence-electron chi connectivity index (χ1n) is 43.4. The van der Waals surface area contributed by atoms with Crippen LogP contribution in [0.3, 0.4) is 0 Å². The molecule has 6 N–H and O–H groups in total. The molecule has 4 fully saturated rings. The number of Topliss-reactive ketones (excluding diaryl/α,β-unsaturated/α-hetero) is 1. The monoisotopic (exact) mass is 1840 g/mol. The number of benzene rings is 4. The largest absolute Gasteiger partial charge is 0.493 e. The van der Waals surface area contributed by atoms with Crippen LogP contribution in [-0.2, 0) is 98.9 Å². The van der Waals surface area contributed by atoms with Crippen molar-refractivity contribution in [3.05, 3.63) is 129 Å². The van der Waals surface area contributed by atoms with Gasteiger partial charge in [-0.2, -0.15) is 9.59 Å². The van der Waals surface area contributed by atoms with Gasteiger partial charge in [-0.3, -0.25) is 53.5 Å². The first kappa shape index (κ1) is 104. The van der Waals surface area contributed by atoms with Crippen LogP contribution in [0.4, 0.5) is 26.7 Å². The fourth-order valence-corrected chi connectivity index (χ4v) is 15.2. The molecule has 0 bridgehead atoms. The van der Waals surface area contributed by atoms with E-state index in [1.165, 1.54) is 65.3 Å². The number of hydrogen-bond donors (Lipinski definition) is 6. The highest BCUT2D eigenvalue weighted by Crippen LogP contribution is 2.44. The topological polar surface area (TPSA) is 500 Å². The molecule has 718 valence electrons. The highest BCUT2D eigenvalue weighted by molar-refractivity contribution is 6.08. The molecule has 0 radical (unpaired) electrons. The number of nitro groups is 1. The molecular formula is C90H120N8O33. The number of rotatable bonds is 52. The van der Waals surface area contributed by atoms with Crippen molar-refractivity contribution in [3.63, 3.8) is 0 Å². The van der Waals surface area contributed by atoms with Crippen LogP contribution in [0.5, 0.6) is 28.7 Å². The Morgan fingerprint density at radius 3 is 1.68 bits per heavy atom. The highest BCUT2D eigenvalue weighted by Gasteiger charge is 2.48. The lowest BCUT2D eigenvalue weighted by atomic mass is 9.88. The second kappa shape index (κ2) is 52.2. The van der Waals surface area contributed by atoms with Gasteiger partial charge in [0.05, 0.1) is 192 Å². The maximum Gasteiger partial charge on any atom is 0.416 e. The second-order valence-corrected chi connectivity index (χ2v) is 32.4. The number of nitrogens with one attached hydrogen (secondary N) is 2. The van der Waals surface area contributed by atoms with E-state index >= 15 is 0 Å². The molecule has 6 aliphatic heterocycles. The number of ether oxygens (including phenoxy) is 16. The van der Waals surface area contributed by atoms with E-state index in [1.807, 2.05) is 34.6 Å². The summed E-state index contributed by atoms with van der Waals surface area (Å²) >= 11 is 0. The number of nitrogens with zero attached hydrogens (tertiary/aromatic N) is 6. The quantitative estimate of drug-likeness (QED) is 0.0107. The Morgan fingerprint density at radius 2 is 1.12 bits per heavy atom. The first-order chi connectivity index (χ1) is 63.0. The van der Waals surface area contributed by atoms with E-state index in [1.54, 1.807) is 29.2 Å². The Kier molecular flexibility index (Phi) is 41.3. The van der Waals surface area contributed by atoms with Gasteiger partial charge in [0.15, 0.2) is 35.0 Å². The molecule has 41 heteroatoms. The molecule has 2 unspecified atom stereocenters. The van der Waals surface area contributed by atoms with Crippen molar-refractivity contribution in [1.82, 2.24) is 25.3 Å². The molecule has 41 nitrogen and oxygen atoms in total. The molecule has 0 aromatic heterocycles. The zero-order valence-electron chi connectivity index (χ0n) is 74.8. The summed E-state index contributed by atoms with van der Waals surface area (Å²) in [6.45, 7) is 22.5. The Morgan fingerprint density at radius 1 is 0.603 bits per heavy atom. The van der Waals surface area contributed by atoms with Crippen LogP contribution in [0.2, 0.25) is 0 Å². The average Bonchev–Trinajstić information content (AvgIpc) is 1.61. The van der Waals surface area contributed by atoms with E-state index in [-0.39, 0.29) is 208 Å². The van der Waals surface area contributed by atoms with Crippen molar-refractivity contribution in [2.24, 2.45) is 23.7 Å². The van der Waals surface area contributed by atoms with Gasteiger partial charge in [0.1, 0.15) is 37.3 Å². The predicted molar refractivity (Wildman–Crippen MR) is 461 cm³/mol. The van der Waals surface area contributed by atoms with Crippen LogP contribution in [0.1, 0.15) is 123 Å². The number of fused-ring (bicyclic) bond motifs is 4. The lowest BCUT2D eigenvalue weighted by Crippen LogP contribution is -2.54. The SMILES string of the molecule is C=C1C[C@H]2CN(C(=O)OCc3ccc(O[C@@H]4OC[C@@H](O)[C@H](O)[C@H]4O)c([N+](=O)[O-])c3)c3cc(OCCCOc4cc5c(cc4OC)C(=O)N4CC(=C)C[C@H]4C(O)N5C(=O)OCc4ccc([C@H](C)NC(=O)[C@@H](CC(=O)CCOCCOCCOCCOCCOCCOCCOCCOCCNC(=O)CCN5C(=O)CC(C(C)C)C5=O)C(C)C)cc4)c(OC)cc3C(=O)N2C1.O=C=O. The Labute approximate surface area is 758 Å². The fourth-order valence-electron chi connectivity index (χ4n) is 15.2. The molecule has 0 spiro atoms. The summed E-state index contributed by atoms with van der Waals surface area (Å²) in [5.41, 5.74) is 2.46. The zero-order valence-corrected chi connectivity index (χ0v) is 74.8. The maximum atomic E-state index is 14.5. The minimum atomic E-state index is -1.74. The van der Waals surface area contributed by atoms with Crippen molar-refractivity contribution < 1.29 is 154 Å². The van der Waals surface area contributed by atoms with Crippen molar-refractivity contribution in [3.8, 4) is 28.7 Å². The Balaban J connectivity index is 0.00000635. The van der Waals surface area contributed by atoms with Crippen LogP contribution in [0.25, 0.3) is 0 Å². The summed E-state index contributed by atoms with van der Waals surface area (Å²) in [5.74, 6) is -2.90. The van der Waals surface area contributed by atoms with Gasteiger partial charge >= 0.3 is 24.0 Å². The van der Waals surface area contributed by atoms with E-state index in [0.29, 0.717) is 117 Å². The molecule has 0 aliphatic carbocycles. The summed E-state index contributed by atoms with van der Waals surface area (Å²) < 4.78 is 91.0. The summed E-state index contributed by atoms with van der Waals surface area (Å²) in [5, 5.41) is 60.6. The van der Waals surface area contributed by atoms with Crippen molar-refractivity contribution in [1.29, 1.82) is 0 Å². The number of aliphatic hydroxyl groups is 4. The molecule has 6 heterocycles. The number of carbonyl (C=O) groups is 9. The number of hydrogen-bond acceptors (Lipinski definition) is 33.